The summed E-state index contributed by atoms with van der Waals surface area (Å²) < 4.78 is 86.2. The van der Waals surface area contributed by atoms with Crippen LogP contribution in [0.5, 0.6) is 0 Å². The van der Waals surface area contributed by atoms with Crippen molar-refractivity contribution in [1.29, 1.82) is 0 Å². The van der Waals surface area contributed by atoms with Gasteiger partial charge in [-0.2, -0.15) is 0 Å². The monoisotopic (exact) mass is 567 g/mol. The predicted octanol–water partition coefficient (Wildman–Crippen LogP) is 6.11. The minimum atomic E-state index is -3.81. The quantitative estimate of drug-likeness (QED) is 0.214. The molecule has 1 amide bonds. The Balaban J connectivity index is 2.09. The van der Waals surface area contributed by atoms with Gasteiger partial charge in [0, 0.05) is 6.42 Å². The van der Waals surface area contributed by atoms with Crippen LogP contribution in [0.25, 0.3) is 0 Å². The van der Waals surface area contributed by atoms with E-state index in [9.17, 15) is 17.6 Å². The third kappa shape index (κ3) is 7.48. The maximum Gasteiger partial charge on any atom is 0.277 e. The first-order valence-electron chi connectivity index (χ1n) is 11.9. The maximum atomic E-state index is 15.4. The maximum absolute atomic E-state index is 15.4. The second kappa shape index (κ2) is 11.6. The minimum absolute atomic E-state index is 0.160. The lowest BCUT2D eigenvalue weighted by Gasteiger charge is -2.21. The molecular formula is C27H29F4N3O4S. The Morgan fingerprint density at radius 1 is 0.923 bits per heavy atom. The summed E-state index contributed by atoms with van der Waals surface area (Å²) in [6.45, 7) is 7.95. The SMILES string of the molecule is CCS(=O)(=O)Nc1cccc(Cc2cc(C(=O)NOC(C)(C)C)c(Nc3ccc(C)cc3F)c(F)c2F)c1F. The first kappa shape index (κ1) is 29.9. The third-order valence-electron chi connectivity index (χ3n) is 5.47. The van der Waals surface area contributed by atoms with Gasteiger partial charge in [0.05, 0.1) is 34.0 Å². The summed E-state index contributed by atoms with van der Waals surface area (Å²) in [6, 6.07) is 8.83. The van der Waals surface area contributed by atoms with E-state index >= 15 is 13.2 Å². The van der Waals surface area contributed by atoms with Crippen LogP contribution in [0.4, 0.5) is 34.6 Å². The zero-order valence-electron chi connectivity index (χ0n) is 22.0. The van der Waals surface area contributed by atoms with Gasteiger partial charge in [0.25, 0.3) is 5.91 Å². The third-order valence-corrected chi connectivity index (χ3v) is 6.76. The van der Waals surface area contributed by atoms with Gasteiger partial charge in [0.15, 0.2) is 17.5 Å². The molecule has 0 atom stereocenters. The van der Waals surface area contributed by atoms with Crippen LogP contribution in [-0.2, 0) is 21.3 Å². The number of rotatable bonds is 9. The van der Waals surface area contributed by atoms with Crippen LogP contribution in [0.3, 0.4) is 0 Å². The molecule has 39 heavy (non-hydrogen) atoms. The number of benzene rings is 3. The molecule has 0 unspecified atom stereocenters. The smallest absolute Gasteiger partial charge is 0.277 e. The van der Waals surface area contributed by atoms with Crippen LogP contribution in [-0.4, -0.2) is 25.7 Å². The van der Waals surface area contributed by atoms with Crippen LogP contribution in [0.1, 0.15) is 54.7 Å². The van der Waals surface area contributed by atoms with Gasteiger partial charge in [-0.3, -0.25) is 14.4 Å². The molecule has 0 spiro atoms. The van der Waals surface area contributed by atoms with Gasteiger partial charge in [-0.25, -0.2) is 31.5 Å². The number of carbonyl (C=O) groups excluding carboxylic acids is 1. The van der Waals surface area contributed by atoms with E-state index in [0.717, 1.165) is 6.07 Å². The molecule has 3 aromatic rings. The molecule has 0 aliphatic rings. The van der Waals surface area contributed by atoms with Crippen molar-refractivity contribution in [3.8, 4) is 0 Å². The number of halogens is 4. The minimum Gasteiger partial charge on any atom is -0.350 e. The molecule has 0 aromatic heterocycles. The van der Waals surface area contributed by atoms with Crippen LogP contribution in [0.2, 0.25) is 0 Å². The lowest BCUT2D eigenvalue weighted by atomic mass is 9.99. The molecule has 0 saturated carbocycles. The van der Waals surface area contributed by atoms with Gasteiger partial charge in [-0.1, -0.05) is 18.2 Å². The number of anilines is 3. The topological polar surface area (TPSA) is 96.5 Å². The van der Waals surface area contributed by atoms with Crippen LogP contribution < -0.4 is 15.5 Å². The number of hydrogen-bond donors (Lipinski definition) is 3. The van der Waals surface area contributed by atoms with Crippen LogP contribution in [0, 0.1) is 30.2 Å². The standard InChI is InChI=1S/C27H29F4N3O4S/c1-6-39(36,37)34-21-9-7-8-16(22(21)29)13-17-14-18(26(35)33-38-27(3,4)5)25(24(31)23(17)30)32-20-11-10-15(2)12-19(20)28/h7-12,14,32,34H,6,13H2,1-5H3,(H,33,35). The Morgan fingerprint density at radius 3 is 2.23 bits per heavy atom. The average Bonchev–Trinajstić information content (AvgIpc) is 2.85. The molecule has 3 aromatic carbocycles. The molecule has 0 fully saturated rings. The number of carbonyl (C=O) groups is 1. The fourth-order valence-corrected chi connectivity index (χ4v) is 4.10. The molecule has 0 radical (unpaired) electrons. The zero-order chi connectivity index (χ0) is 29.1. The summed E-state index contributed by atoms with van der Waals surface area (Å²) in [7, 11) is -3.81. The normalized spacial score (nSPS) is 11.8. The van der Waals surface area contributed by atoms with Crippen molar-refractivity contribution < 1.29 is 35.6 Å². The molecule has 0 bridgehead atoms. The summed E-state index contributed by atoms with van der Waals surface area (Å²) in [4.78, 5) is 18.3. The molecule has 0 aliphatic heterocycles. The van der Waals surface area contributed by atoms with E-state index in [1.807, 2.05) is 0 Å². The van der Waals surface area contributed by atoms with Crippen molar-refractivity contribution in [2.75, 3.05) is 15.8 Å². The fourth-order valence-electron chi connectivity index (χ4n) is 3.46. The second-order valence-corrected chi connectivity index (χ2v) is 11.8. The first-order chi connectivity index (χ1) is 18.1. The highest BCUT2D eigenvalue weighted by molar-refractivity contribution is 7.92. The number of amides is 1. The van der Waals surface area contributed by atoms with Gasteiger partial charge in [0.1, 0.15) is 5.82 Å². The fraction of sp³-hybridized carbons (Fsp3) is 0.296. The predicted molar refractivity (Wildman–Crippen MR) is 141 cm³/mol. The Morgan fingerprint density at radius 2 is 1.62 bits per heavy atom. The Hall–Kier alpha value is -3.64. The first-order valence-corrected chi connectivity index (χ1v) is 13.6. The molecular weight excluding hydrogens is 538 g/mol. The summed E-state index contributed by atoms with van der Waals surface area (Å²) in [5.41, 5.74) is -0.301. The van der Waals surface area contributed by atoms with Crippen LogP contribution >= 0.6 is 0 Å². The largest absolute Gasteiger partial charge is 0.350 e. The lowest BCUT2D eigenvalue weighted by molar-refractivity contribution is -0.0589. The zero-order valence-corrected chi connectivity index (χ0v) is 22.8. The van der Waals surface area contributed by atoms with Gasteiger partial charge in [-0.05, 0) is 75.6 Å². The summed E-state index contributed by atoms with van der Waals surface area (Å²) >= 11 is 0. The van der Waals surface area contributed by atoms with Crippen molar-refractivity contribution >= 4 is 33.0 Å². The van der Waals surface area contributed by atoms with Gasteiger partial charge in [0.2, 0.25) is 10.0 Å². The van der Waals surface area contributed by atoms with E-state index in [-0.39, 0.29) is 22.7 Å². The lowest BCUT2D eigenvalue weighted by Crippen LogP contribution is -2.34. The van der Waals surface area contributed by atoms with Gasteiger partial charge < -0.3 is 5.32 Å². The van der Waals surface area contributed by atoms with E-state index in [0.29, 0.717) is 5.56 Å². The van der Waals surface area contributed by atoms with E-state index in [4.69, 9.17) is 4.84 Å². The molecule has 3 rings (SSSR count). The molecule has 3 N–H and O–H groups in total. The Labute approximate surface area is 224 Å². The van der Waals surface area contributed by atoms with Crippen molar-refractivity contribution in [3.05, 3.63) is 88.0 Å². The molecule has 0 saturated heterocycles. The summed E-state index contributed by atoms with van der Waals surface area (Å²) in [6.07, 6.45) is -0.532. The van der Waals surface area contributed by atoms with Crippen molar-refractivity contribution in [1.82, 2.24) is 5.48 Å². The van der Waals surface area contributed by atoms with Gasteiger partial charge in [-0.15, -0.1) is 0 Å². The number of hydrogen-bond acceptors (Lipinski definition) is 5. The molecule has 12 heteroatoms. The van der Waals surface area contributed by atoms with Crippen molar-refractivity contribution in [2.24, 2.45) is 0 Å². The van der Waals surface area contributed by atoms with Gasteiger partial charge >= 0.3 is 0 Å². The second-order valence-electron chi connectivity index (χ2n) is 9.80. The Bertz CT molecular complexity index is 1510. The molecule has 0 heterocycles. The summed E-state index contributed by atoms with van der Waals surface area (Å²) in [5, 5.41) is 2.44. The van der Waals surface area contributed by atoms with Crippen molar-refractivity contribution in [2.45, 2.75) is 46.6 Å². The highest BCUT2D eigenvalue weighted by Crippen LogP contribution is 2.32. The number of sulfonamides is 1. The van der Waals surface area contributed by atoms with E-state index in [1.54, 1.807) is 33.8 Å². The number of hydroxylamine groups is 1. The van der Waals surface area contributed by atoms with E-state index < -0.39 is 68.0 Å². The number of aryl methyl sites for hydroxylation is 1. The van der Waals surface area contributed by atoms with E-state index in [2.05, 4.69) is 15.5 Å². The summed E-state index contributed by atoms with van der Waals surface area (Å²) in [5.74, 6) is -5.93. The van der Waals surface area contributed by atoms with Crippen molar-refractivity contribution in [3.63, 3.8) is 0 Å². The van der Waals surface area contributed by atoms with E-state index in [1.165, 1.54) is 37.3 Å². The molecule has 0 aliphatic carbocycles. The Kier molecular flexibility index (Phi) is 8.91. The number of nitrogens with one attached hydrogen (secondary N) is 3. The molecule has 7 nitrogen and oxygen atoms in total. The highest BCUT2D eigenvalue weighted by Gasteiger charge is 2.26. The average molecular weight is 568 g/mol. The highest BCUT2D eigenvalue weighted by atomic mass is 32.2. The molecule has 210 valence electrons. The van der Waals surface area contributed by atoms with Crippen LogP contribution in [0.15, 0.2) is 42.5 Å².